The molecule has 3 fully saturated rings. The smallest absolute Gasteiger partial charge is 0.222 e. The van der Waals surface area contributed by atoms with Crippen LogP contribution in [0.25, 0.3) is 0 Å². The van der Waals surface area contributed by atoms with E-state index in [1.165, 1.54) is 20.8 Å². The second-order valence-corrected chi connectivity index (χ2v) is 21.4. The summed E-state index contributed by atoms with van der Waals surface area (Å²) in [4.78, 5) is 72.6. The van der Waals surface area contributed by atoms with Crippen LogP contribution >= 0.6 is 0 Å². The van der Waals surface area contributed by atoms with E-state index in [2.05, 4.69) is 31.9 Å². The third-order valence-electron chi connectivity index (χ3n) is 13.7. The molecule has 0 saturated carbocycles. The molecule has 37 heteroatoms. The van der Waals surface area contributed by atoms with Crippen molar-refractivity contribution in [1.82, 2.24) is 31.9 Å². The van der Waals surface area contributed by atoms with Gasteiger partial charge in [0.2, 0.25) is 35.4 Å². The van der Waals surface area contributed by atoms with Gasteiger partial charge in [0.05, 0.1) is 164 Å². The quantitative estimate of drug-likeness (QED) is 0.0252. The van der Waals surface area contributed by atoms with Crippen molar-refractivity contribution in [3.05, 3.63) is 0 Å². The van der Waals surface area contributed by atoms with Crippen LogP contribution in [0, 0.1) is 0 Å². The molecule has 3 saturated heterocycles. The molecule has 6 amide bonds. The first kappa shape index (κ1) is 82.1. The zero-order valence-electron chi connectivity index (χ0n) is 52.5. The molecular weight excluding hydrogens is 1240 g/mol. The molecule has 3 heterocycles. The molecule has 0 aromatic rings. The van der Waals surface area contributed by atoms with Crippen LogP contribution < -0.4 is 37.6 Å². The van der Waals surface area contributed by atoms with Gasteiger partial charge in [0.15, 0.2) is 18.9 Å². The number of hydrogen-bond acceptors (Lipinski definition) is 31. The number of aliphatic hydroxyl groups excluding tert-OH is 9. The molecular formula is C55H101N7O30. The maximum Gasteiger partial charge on any atom is 0.222 e. The third-order valence-corrected chi connectivity index (χ3v) is 13.7. The monoisotopic (exact) mass is 1340 g/mol. The zero-order chi connectivity index (χ0) is 67.7. The van der Waals surface area contributed by atoms with Gasteiger partial charge < -0.3 is 155 Å². The number of carbonyl (C=O) groups is 6. The fourth-order valence-electron chi connectivity index (χ4n) is 8.97. The molecule has 0 aromatic carbocycles. The lowest BCUT2D eigenvalue weighted by atomic mass is 9.97. The number of carbonyl (C=O) groups excluding carboxylic acids is 6. The summed E-state index contributed by atoms with van der Waals surface area (Å²) in [6.45, 7) is 3.83. The predicted molar refractivity (Wildman–Crippen MR) is 311 cm³/mol. The largest absolute Gasteiger partial charge is 0.394 e. The number of nitrogens with two attached hydrogens (primary N) is 1. The van der Waals surface area contributed by atoms with Gasteiger partial charge in [0.25, 0.3) is 0 Å². The van der Waals surface area contributed by atoms with Crippen LogP contribution in [0.3, 0.4) is 0 Å². The summed E-state index contributed by atoms with van der Waals surface area (Å²) in [5.41, 5.74) is 5.38. The summed E-state index contributed by atoms with van der Waals surface area (Å²) < 4.78 is 83.6. The lowest BCUT2D eigenvalue weighted by Gasteiger charge is -2.42. The lowest BCUT2D eigenvalue weighted by molar-refractivity contribution is -0.272. The van der Waals surface area contributed by atoms with Gasteiger partial charge in [-0.05, 0) is 0 Å². The Balaban J connectivity index is 1.31. The van der Waals surface area contributed by atoms with Gasteiger partial charge in [-0.15, -0.1) is 0 Å². The summed E-state index contributed by atoms with van der Waals surface area (Å²) >= 11 is 0. The number of ether oxygens (including phenoxy) is 15. The highest BCUT2D eigenvalue weighted by Gasteiger charge is 2.48. The summed E-state index contributed by atoms with van der Waals surface area (Å²) in [6.07, 6.45) is -15.5. The van der Waals surface area contributed by atoms with Gasteiger partial charge in [0.1, 0.15) is 73.1 Å². The molecule has 0 radical (unpaired) electrons. The van der Waals surface area contributed by atoms with E-state index >= 15 is 0 Å². The predicted octanol–water partition coefficient (Wildman–Crippen LogP) is -9.77. The lowest BCUT2D eigenvalue weighted by Crippen LogP contribution is -2.64. The van der Waals surface area contributed by atoms with Gasteiger partial charge in [-0.25, -0.2) is 0 Å². The van der Waals surface area contributed by atoms with Crippen molar-refractivity contribution in [3.63, 3.8) is 0 Å². The highest BCUT2D eigenvalue weighted by molar-refractivity contribution is 5.77. The Morgan fingerprint density at radius 3 is 0.837 bits per heavy atom. The number of rotatable bonds is 51. The summed E-state index contributed by atoms with van der Waals surface area (Å²) in [5, 5.41) is 106. The first-order valence-corrected chi connectivity index (χ1v) is 30.5. The van der Waals surface area contributed by atoms with E-state index in [9.17, 15) is 74.7 Å². The molecule has 536 valence electrons. The van der Waals surface area contributed by atoms with Crippen LogP contribution in [0.15, 0.2) is 0 Å². The van der Waals surface area contributed by atoms with Crippen LogP contribution in [0.1, 0.15) is 40.0 Å². The van der Waals surface area contributed by atoms with Gasteiger partial charge in [-0.3, -0.25) is 28.8 Å². The second kappa shape index (κ2) is 47.7. The summed E-state index contributed by atoms with van der Waals surface area (Å²) in [5.74, 6) is -2.44. The molecule has 0 spiro atoms. The van der Waals surface area contributed by atoms with Crippen molar-refractivity contribution in [2.24, 2.45) is 5.73 Å². The van der Waals surface area contributed by atoms with Crippen molar-refractivity contribution in [3.8, 4) is 0 Å². The van der Waals surface area contributed by atoms with E-state index in [-0.39, 0.29) is 195 Å². The fraction of sp³-hybridized carbons (Fsp3) is 0.891. The number of nitrogens with one attached hydrogen (secondary N) is 6. The van der Waals surface area contributed by atoms with Gasteiger partial charge in [-0.1, -0.05) is 0 Å². The van der Waals surface area contributed by atoms with Crippen molar-refractivity contribution >= 4 is 35.4 Å². The molecule has 37 nitrogen and oxygen atoms in total. The molecule has 0 aromatic heterocycles. The van der Waals surface area contributed by atoms with Crippen molar-refractivity contribution in [2.75, 3.05) is 178 Å². The third kappa shape index (κ3) is 33.0. The molecule has 15 atom stereocenters. The number of hydrogen-bond donors (Lipinski definition) is 16. The minimum Gasteiger partial charge on any atom is -0.394 e. The summed E-state index contributed by atoms with van der Waals surface area (Å²) in [6, 6.07) is -3.24. The fourth-order valence-corrected chi connectivity index (χ4v) is 8.97. The Kier molecular flexibility index (Phi) is 42.5. The number of aliphatic hydroxyl groups is 9. The van der Waals surface area contributed by atoms with Gasteiger partial charge >= 0.3 is 0 Å². The van der Waals surface area contributed by atoms with Crippen LogP contribution in [-0.4, -0.2) is 357 Å². The van der Waals surface area contributed by atoms with E-state index < -0.39 is 135 Å². The van der Waals surface area contributed by atoms with E-state index in [1.807, 2.05) is 0 Å². The van der Waals surface area contributed by atoms with E-state index in [0.29, 0.717) is 0 Å². The normalized spacial score (nSPS) is 27.2. The van der Waals surface area contributed by atoms with Gasteiger partial charge in [0, 0.05) is 59.7 Å². The SMILES string of the molecule is CC(=O)NC1C(OCCOCCOCCNC(=O)CCOCC(N)(COCCC(=O)NCCOCCOCCOC2OC(CO)C(O)C(O)C2NC(C)=O)COCCC(=O)NCCOCCOCCOC2OC(CO)C(O)C(O)C2NC(C)=O)OC(CO)C(O)C1O. The zero-order valence-corrected chi connectivity index (χ0v) is 52.5. The Hall–Kier alpha value is -4.18. The minimum absolute atomic E-state index is 0.00935. The Labute approximate surface area is 533 Å². The maximum atomic E-state index is 12.6. The van der Waals surface area contributed by atoms with E-state index in [0.717, 1.165) is 0 Å². The molecule has 15 unspecified atom stereocenters. The summed E-state index contributed by atoms with van der Waals surface area (Å²) in [7, 11) is 0. The maximum absolute atomic E-state index is 12.6. The molecule has 0 aliphatic carbocycles. The van der Waals surface area contributed by atoms with Crippen molar-refractivity contribution in [2.45, 2.75) is 138 Å². The Morgan fingerprint density at radius 2 is 0.598 bits per heavy atom. The molecule has 3 aliphatic heterocycles. The Bertz CT molecular complexity index is 1830. The molecule has 92 heavy (non-hydrogen) atoms. The molecule has 3 rings (SSSR count). The molecule has 3 aliphatic rings. The molecule has 17 N–H and O–H groups in total. The van der Waals surface area contributed by atoms with Crippen molar-refractivity contribution < 1.29 is 146 Å². The van der Waals surface area contributed by atoms with Gasteiger partial charge in [-0.2, -0.15) is 0 Å². The topological polar surface area (TPSA) is 521 Å². The van der Waals surface area contributed by atoms with Crippen LogP contribution in [-0.2, 0) is 99.8 Å². The first-order chi connectivity index (χ1) is 44.1. The standard InChI is InChI=1S/C55H101N7O30/c1-34(66)60-43-49(75)46(72)37(28-63)90-52(43)87-25-22-81-19-16-78-13-7-57-40(69)4-10-84-31-55(56,32-85-11-5-41(70)58-8-14-79-17-20-82-23-26-88-53-44(61-35(2)67)50(76)47(73)38(29-64)91-53)33-86-12-6-42(71)59-9-15-80-18-21-83-24-27-89-54-45(62-36(3)68)51(77)48(74)39(30-65)92-54/h37-39,43-54,63-65,72-77H,4-33,56H2,1-3H3,(H,57,69)(H,58,70)(H,59,71)(H,60,66)(H,61,67)(H,62,68). The number of amides is 6. The van der Waals surface area contributed by atoms with E-state index in [4.69, 9.17) is 76.8 Å². The van der Waals surface area contributed by atoms with Crippen molar-refractivity contribution in [1.29, 1.82) is 0 Å². The van der Waals surface area contributed by atoms with E-state index in [1.54, 1.807) is 0 Å². The highest BCUT2D eigenvalue weighted by atomic mass is 16.7. The first-order valence-electron chi connectivity index (χ1n) is 30.5. The van der Waals surface area contributed by atoms with Crippen LogP contribution in [0.5, 0.6) is 0 Å². The average Bonchev–Trinajstić information content (AvgIpc) is 0.853. The van der Waals surface area contributed by atoms with Crippen LogP contribution in [0.4, 0.5) is 0 Å². The Morgan fingerprint density at radius 1 is 0.359 bits per heavy atom. The highest BCUT2D eigenvalue weighted by Crippen LogP contribution is 2.25. The van der Waals surface area contributed by atoms with Crippen LogP contribution in [0.2, 0.25) is 0 Å². The second-order valence-electron chi connectivity index (χ2n) is 21.4. The molecule has 0 bridgehead atoms. The average molecular weight is 1340 g/mol. The minimum atomic E-state index is -1.44.